The van der Waals surface area contributed by atoms with Crippen molar-refractivity contribution < 1.29 is 13.2 Å². The lowest BCUT2D eigenvalue weighted by Gasteiger charge is -2.05. The summed E-state index contributed by atoms with van der Waals surface area (Å²) in [6.45, 7) is 0. The average molecular weight is 167 g/mol. The highest BCUT2D eigenvalue weighted by Gasteiger charge is 2.25. The van der Waals surface area contributed by atoms with Crippen molar-refractivity contribution in [2.45, 2.75) is 17.4 Å². The second kappa shape index (κ2) is 3.41. The van der Waals surface area contributed by atoms with Crippen LogP contribution in [0.25, 0.3) is 0 Å². The van der Waals surface area contributed by atoms with Crippen molar-refractivity contribution in [2.24, 2.45) is 0 Å². The van der Waals surface area contributed by atoms with Crippen LogP contribution in [0.15, 0.2) is 0 Å². The van der Waals surface area contributed by atoms with Gasteiger partial charge in [-0.3, -0.25) is 0 Å². The fourth-order valence-corrected chi connectivity index (χ4v) is 0.220. The molecule has 8 heavy (non-hydrogen) atoms. The fraction of sp³-hybridized carbons (Fsp3) is 1.00. The lowest BCUT2D eigenvalue weighted by Crippen LogP contribution is -2.18. The van der Waals surface area contributed by atoms with Gasteiger partial charge in [-0.15, -0.1) is 11.6 Å². The second-order valence-corrected chi connectivity index (χ2v) is 2.03. The quantitative estimate of drug-likeness (QED) is 0.553. The van der Waals surface area contributed by atoms with Crippen LogP contribution in [-0.2, 0) is 0 Å². The van der Waals surface area contributed by atoms with E-state index >= 15 is 0 Å². The normalized spacial score (nSPS) is 18.8. The van der Waals surface area contributed by atoms with Crippen LogP contribution >= 0.6 is 23.2 Å². The van der Waals surface area contributed by atoms with E-state index in [9.17, 15) is 13.2 Å². The summed E-state index contributed by atoms with van der Waals surface area (Å²) in [6, 6.07) is 0. The van der Waals surface area contributed by atoms with E-state index in [4.69, 9.17) is 11.6 Å². The van der Waals surface area contributed by atoms with Gasteiger partial charge in [0.1, 0.15) is 5.38 Å². The molecule has 0 fully saturated rings. The van der Waals surface area contributed by atoms with E-state index in [0.29, 0.717) is 0 Å². The van der Waals surface area contributed by atoms with Gasteiger partial charge in [-0.25, -0.2) is 13.2 Å². The molecule has 0 amide bonds. The first-order valence-corrected chi connectivity index (χ1v) is 2.63. The third-order valence-corrected chi connectivity index (χ3v) is 1.29. The highest BCUT2D eigenvalue weighted by Crippen LogP contribution is 2.17. The first-order valence-electron chi connectivity index (χ1n) is 1.76. The molecular formula is C3H3Cl2F3. The first kappa shape index (κ1) is 8.37. The lowest BCUT2D eigenvalue weighted by molar-refractivity contribution is 0.124. The molecule has 0 aromatic rings. The summed E-state index contributed by atoms with van der Waals surface area (Å²) in [6.07, 6.45) is -2.90. The summed E-state index contributed by atoms with van der Waals surface area (Å²) in [5.41, 5.74) is -2.17. The number of halogens is 5. The van der Waals surface area contributed by atoms with Gasteiger partial charge in [0.05, 0.1) is 0 Å². The Kier molecular flexibility index (Phi) is 3.56. The number of rotatable bonds is 2. The van der Waals surface area contributed by atoms with E-state index in [1.165, 1.54) is 0 Å². The highest BCUT2D eigenvalue weighted by molar-refractivity contribution is 6.29. The van der Waals surface area contributed by atoms with E-state index in [1.54, 1.807) is 0 Å². The molecule has 0 nitrogen and oxygen atoms in total. The van der Waals surface area contributed by atoms with E-state index in [2.05, 4.69) is 11.6 Å². The zero-order valence-electron chi connectivity index (χ0n) is 3.62. The van der Waals surface area contributed by atoms with E-state index in [0.717, 1.165) is 0 Å². The minimum atomic E-state index is -2.90. The Morgan fingerprint density at radius 1 is 1.00 bits per heavy atom. The van der Waals surface area contributed by atoms with Crippen LogP contribution in [0, 0.1) is 0 Å². The third kappa shape index (κ3) is 2.62. The van der Waals surface area contributed by atoms with Crippen molar-refractivity contribution in [2.75, 3.05) is 0 Å². The number of hydrogen-bond acceptors (Lipinski definition) is 0. The van der Waals surface area contributed by atoms with Gasteiger partial charge in [-0.1, -0.05) is 11.6 Å². The molecule has 0 heterocycles. The van der Waals surface area contributed by atoms with Gasteiger partial charge >= 0.3 is 0 Å². The van der Waals surface area contributed by atoms with Crippen LogP contribution in [0.4, 0.5) is 13.2 Å². The van der Waals surface area contributed by atoms with Crippen molar-refractivity contribution in [3.05, 3.63) is 0 Å². The zero-order valence-corrected chi connectivity index (χ0v) is 5.13. The second-order valence-electron chi connectivity index (χ2n) is 1.11. The molecule has 0 aliphatic heterocycles. The smallest absolute Gasteiger partial charge is 0.228 e. The van der Waals surface area contributed by atoms with Crippen molar-refractivity contribution in [3.8, 4) is 0 Å². The Morgan fingerprint density at radius 2 is 1.38 bits per heavy atom. The standard InChI is InChI=1S/C3H3Cl2F3/c4-1(2(5)6)3(7)8/h1-3H. The summed E-state index contributed by atoms with van der Waals surface area (Å²) < 4.78 is 33.9. The summed E-state index contributed by atoms with van der Waals surface area (Å²) in [5, 5.41) is -1.89. The van der Waals surface area contributed by atoms with Crippen molar-refractivity contribution in [1.82, 2.24) is 0 Å². The van der Waals surface area contributed by atoms with Gasteiger partial charge < -0.3 is 0 Å². The molecular weight excluding hydrogens is 164 g/mol. The molecule has 50 valence electrons. The lowest BCUT2D eigenvalue weighted by atomic mass is 10.5. The van der Waals surface area contributed by atoms with E-state index in [1.807, 2.05) is 0 Å². The van der Waals surface area contributed by atoms with Crippen molar-refractivity contribution in [3.63, 3.8) is 0 Å². The third-order valence-electron chi connectivity index (χ3n) is 0.481. The molecule has 0 aliphatic carbocycles. The minimum Gasteiger partial charge on any atom is -0.228 e. The van der Waals surface area contributed by atoms with Crippen molar-refractivity contribution >= 4 is 23.2 Å². The maximum Gasteiger partial charge on any atom is 0.258 e. The molecule has 0 radical (unpaired) electrons. The first-order chi connectivity index (χ1) is 3.55. The predicted octanol–water partition coefficient (Wildman–Crippen LogP) is 2.39. The molecule has 0 bridgehead atoms. The molecule has 5 heteroatoms. The van der Waals surface area contributed by atoms with E-state index < -0.39 is 17.4 Å². The molecule has 0 aromatic carbocycles. The predicted molar refractivity (Wildman–Crippen MR) is 26.4 cm³/mol. The Labute approximate surface area is 54.6 Å². The Bertz CT molecular complexity index is 57.5. The van der Waals surface area contributed by atoms with Gasteiger partial charge in [0.25, 0.3) is 6.43 Å². The Hall–Kier alpha value is 0.370. The molecule has 0 aliphatic rings. The number of alkyl halides is 5. The fourth-order valence-electron chi connectivity index (χ4n) is 0.110. The topological polar surface area (TPSA) is 0 Å². The molecule has 0 spiro atoms. The molecule has 0 rings (SSSR count). The van der Waals surface area contributed by atoms with Gasteiger partial charge in [-0.2, -0.15) is 0 Å². The average Bonchev–Trinajstić information content (AvgIpc) is 1.64. The van der Waals surface area contributed by atoms with Gasteiger partial charge in [-0.05, 0) is 0 Å². The monoisotopic (exact) mass is 166 g/mol. The Balaban J connectivity index is 3.46. The Morgan fingerprint density at radius 3 is 1.38 bits per heavy atom. The van der Waals surface area contributed by atoms with Crippen LogP contribution in [0.2, 0.25) is 0 Å². The zero-order chi connectivity index (χ0) is 6.73. The van der Waals surface area contributed by atoms with Crippen LogP contribution in [-0.4, -0.2) is 17.4 Å². The minimum absolute atomic E-state index is 1.89. The van der Waals surface area contributed by atoms with E-state index in [-0.39, 0.29) is 0 Å². The molecule has 2 unspecified atom stereocenters. The molecule has 0 saturated heterocycles. The summed E-state index contributed by atoms with van der Waals surface area (Å²) >= 11 is 9.24. The molecule has 2 atom stereocenters. The maximum atomic E-state index is 11.5. The van der Waals surface area contributed by atoms with Gasteiger partial charge in [0, 0.05) is 0 Å². The highest BCUT2D eigenvalue weighted by atomic mass is 35.5. The summed E-state index contributed by atoms with van der Waals surface area (Å²) in [7, 11) is 0. The van der Waals surface area contributed by atoms with Gasteiger partial charge in [0.2, 0.25) is 0 Å². The van der Waals surface area contributed by atoms with Crippen LogP contribution in [0.5, 0.6) is 0 Å². The largest absolute Gasteiger partial charge is 0.258 e. The van der Waals surface area contributed by atoms with Crippen molar-refractivity contribution in [1.29, 1.82) is 0 Å². The van der Waals surface area contributed by atoms with Gasteiger partial charge in [0.15, 0.2) is 5.63 Å². The van der Waals surface area contributed by atoms with Crippen LogP contribution in [0.3, 0.4) is 0 Å². The maximum absolute atomic E-state index is 11.5. The summed E-state index contributed by atoms with van der Waals surface area (Å²) in [4.78, 5) is 0. The van der Waals surface area contributed by atoms with Crippen LogP contribution in [0.1, 0.15) is 0 Å². The molecule has 0 aromatic heterocycles. The molecule has 0 N–H and O–H groups in total. The number of hydrogen-bond donors (Lipinski definition) is 0. The SMILES string of the molecule is FC(F)C(Cl)C(F)Cl. The molecule has 0 saturated carbocycles. The van der Waals surface area contributed by atoms with Crippen LogP contribution < -0.4 is 0 Å². The summed E-state index contributed by atoms with van der Waals surface area (Å²) in [5.74, 6) is 0.